The van der Waals surface area contributed by atoms with Crippen LogP contribution in [0.5, 0.6) is 0 Å². The van der Waals surface area contributed by atoms with Crippen LogP contribution in [0.3, 0.4) is 0 Å². The minimum Gasteiger partial charge on any atom is -0.381 e. The number of rotatable bonds is 4. The van der Waals surface area contributed by atoms with Crippen LogP contribution in [0, 0.1) is 5.92 Å². The molecule has 0 saturated carbocycles. The molecule has 1 heterocycles. The fourth-order valence-electron chi connectivity index (χ4n) is 3.78. The molecule has 0 aromatic heterocycles. The molecule has 2 aromatic rings. The van der Waals surface area contributed by atoms with E-state index < -0.39 is 0 Å². The van der Waals surface area contributed by atoms with E-state index in [0.717, 1.165) is 54.7 Å². The second kappa shape index (κ2) is 7.42. The third-order valence-electron chi connectivity index (χ3n) is 5.29. The molecule has 0 radical (unpaired) electrons. The van der Waals surface area contributed by atoms with Crippen molar-refractivity contribution >= 4 is 11.7 Å². The summed E-state index contributed by atoms with van der Waals surface area (Å²) in [4.78, 5) is 24.3. The summed E-state index contributed by atoms with van der Waals surface area (Å²) in [5, 5.41) is 3.03. The molecule has 1 fully saturated rings. The van der Waals surface area contributed by atoms with Crippen LogP contribution in [0.25, 0.3) is 11.1 Å². The average Bonchev–Trinajstić information content (AvgIpc) is 3.07. The SMILES string of the molecule is O=C(NC[C@H]1CCCOC1)c1cccc(-c2ccc3c(c2)CCC3=O)c1. The number of ketones is 1. The molecule has 4 heteroatoms. The number of ether oxygens (including phenoxy) is 1. The van der Waals surface area contributed by atoms with Crippen LogP contribution in [0.15, 0.2) is 42.5 Å². The van der Waals surface area contributed by atoms with Crippen molar-refractivity contribution in [3.63, 3.8) is 0 Å². The maximum absolute atomic E-state index is 12.5. The highest BCUT2D eigenvalue weighted by Gasteiger charge is 2.20. The van der Waals surface area contributed by atoms with Gasteiger partial charge in [0.15, 0.2) is 5.78 Å². The minimum absolute atomic E-state index is 0.0474. The molecule has 2 aromatic carbocycles. The van der Waals surface area contributed by atoms with Crippen LogP contribution in [-0.4, -0.2) is 31.4 Å². The Morgan fingerprint density at radius 1 is 1.12 bits per heavy atom. The first-order valence-electron chi connectivity index (χ1n) is 9.33. The van der Waals surface area contributed by atoms with Crippen molar-refractivity contribution in [1.29, 1.82) is 0 Å². The van der Waals surface area contributed by atoms with Gasteiger partial charge in [0, 0.05) is 30.7 Å². The Morgan fingerprint density at radius 2 is 2.00 bits per heavy atom. The predicted molar refractivity (Wildman–Crippen MR) is 100 cm³/mol. The summed E-state index contributed by atoms with van der Waals surface area (Å²) < 4.78 is 5.47. The predicted octanol–water partition coefficient (Wildman–Crippen LogP) is 3.64. The number of hydrogen-bond acceptors (Lipinski definition) is 3. The molecule has 1 atom stereocenters. The lowest BCUT2D eigenvalue weighted by Gasteiger charge is -2.22. The first kappa shape index (κ1) is 17.0. The molecule has 26 heavy (non-hydrogen) atoms. The molecular formula is C22H23NO3. The molecule has 2 aliphatic rings. The number of carbonyl (C=O) groups excluding carboxylic acids is 2. The average molecular weight is 349 g/mol. The summed E-state index contributed by atoms with van der Waals surface area (Å²) in [6.07, 6.45) is 3.59. The van der Waals surface area contributed by atoms with Gasteiger partial charge < -0.3 is 10.1 Å². The Hall–Kier alpha value is -2.46. The van der Waals surface area contributed by atoms with Gasteiger partial charge >= 0.3 is 0 Å². The van der Waals surface area contributed by atoms with Crippen LogP contribution in [-0.2, 0) is 11.2 Å². The Balaban J connectivity index is 1.48. The highest BCUT2D eigenvalue weighted by atomic mass is 16.5. The second-order valence-electron chi connectivity index (χ2n) is 7.17. The maximum atomic E-state index is 12.5. The summed E-state index contributed by atoms with van der Waals surface area (Å²) in [6, 6.07) is 13.6. The van der Waals surface area contributed by atoms with Gasteiger partial charge in [-0.2, -0.15) is 0 Å². The van der Waals surface area contributed by atoms with Gasteiger partial charge in [0.05, 0.1) is 6.61 Å². The normalized spacial score (nSPS) is 19.2. The molecule has 134 valence electrons. The Labute approximate surface area is 153 Å². The van der Waals surface area contributed by atoms with Gasteiger partial charge in [0.2, 0.25) is 0 Å². The minimum atomic E-state index is -0.0474. The lowest BCUT2D eigenvalue weighted by molar-refractivity contribution is 0.0536. The highest BCUT2D eigenvalue weighted by molar-refractivity contribution is 6.01. The van der Waals surface area contributed by atoms with Crippen LogP contribution in [0.4, 0.5) is 0 Å². The van der Waals surface area contributed by atoms with E-state index in [1.54, 1.807) is 0 Å². The van der Waals surface area contributed by atoms with Gasteiger partial charge in [-0.3, -0.25) is 9.59 Å². The van der Waals surface area contributed by atoms with Crippen LogP contribution in [0.2, 0.25) is 0 Å². The lowest BCUT2D eigenvalue weighted by Crippen LogP contribution is -2.33. The highest BCUT2D eigenvalue weighted by Crippen LogP contribution is 2.28. The molecular weight excluding hydrogens is 326 g/mol. The molecule has 1 saturated heterocycles. The molecule has 1 amide bonds. The largest absolute Gasteiger partial charge is 0.381 e. The number of nitrogens with one attached hydrogen (secondary N) is 1. The third-order valence-corrected chi connectivity index (χ3v) is 5.29. The molecule has 1 aliphatic heterocycles. The second-order valence-corrected chi connectivity index (χ2v) is 7.17. The molecule has 1 aliphatic carbocycles. The molecule has 0 unspecified atom stereocenters. The summed E-state index contributed by atoms with van der Waals surface area (Å²) in [6.45, 7) is 2.22. The van der Waals surface area contributed by atoms with Crippen LogP contribution < -0.4 is 5.32 Å². The van der Waals surface area contributed by atoms with Crippen molar-refractivity contribution in [3.05, 3.63) is 59.2 Å². The number of aryl methyl sites for hydroxylation is 1. The van der Waals surface area contributed by atoms with E-state index in [1.165, 1.54) is 0 Å². The first-order valence-corrected chi connectivity index (χ1v) is 9.33. The van der Waals surface area contributed by atoms with Crippen molar-refractivity contribution in [2.75, 3.05) is 19.8 Å². The van der Waals surface area contributed by atoms with E-state index in [4.69, 9.17) is 4.74 Å². The molecule has 4 nitrogen and oxygen atoms in total. The van der Waals surface area contributed by atoms with Gasteiger partial charge in [0.25, 0.3) is 5.91 Å². The van der Waals surface area contributed by atoms with Gasteiger partial charge in [-0.1, -0.05) is 30.3 Å². The molecule has 1 N–H and O–H groups in total. The number of carbonyl (C=O) groups is 2. The number of benzene rings is 2. The summed E-state index contributed by atoms with van der Waals surface area (Å²) in [7, 11) is 0. The zero-order valence-electron chi connectivity index (χ0n) is 14.8. The van der Waals surface area contributed by atoms with Crippen LogP contribution in [0.1, 0.15) is 45.5 Å². The quantitative estimate of drug-likeness (QED) is 0.917. The van der Waals surface area contributed by atoms with Crippen molar-refractivity contribution in [2.24, 2.45) is 5.92 Å². The van der Waals surface area contributed by atoms with Gasteiger partial charge in [-0.15, -0.1) is 0 Å². The Bertz CT molecular complexity index is 837. The van der Waals surface area contributed by atoms with Gasteiger partial charge in [-0.05, 0) is 54.0 Å². The summed E-state index contributed by atoms with van der Waals surface area (Å²) in [5.41, 5.74) is 4.67. The van der Waals surface area contributed by atoms with Crippen molar-refractivity contribution in [3.8, 4) is 11.1 Å². The number of hydrogen-bond donors (Lipinski definition) is 1. The topological polar surface area (TPSA) is 55.4 Å². The van der Waals surface area contributed by atoms with Crippen molar-refractivity contribution < 1.29 is 14.3 Å². The van der Waals surface area contributed by atoms with Crippen molar-refractivity contribution in [1.82, 2.24) is 5.32 Å². The Morgan fingerprint density at radius 3 is 2.85 bits per heavy atom. The van der Waals surface area contributed by atoms with Gasteiger partial charge in [0.1, 0.15) is 0 Å². The zero-order chi connectivity index (χ0) is 17.9. The fourth-order valence-corrected chi connectivity index (χ4v) is 3.78. The number of amides is 1. The molecule has 4 rings (SSSR count). The van der Waals surface area contributed by atoms with Crippen molar-refractivity contribution in [2.45, 2.75) is 25.7 Å². The van der Waals surface area contributed by atoms with E-state index >= 15 is 0 Å². The fraction of sp³-hybridized carbons (Fsp3) is 0.364. The third kappa shape index (κ3) is 3.56. The van der Waals surface area contributed by atoms with Gasteiger partial charge in [-0.25, -0.2) is 0 Å². The van der Waals surface area contributed by atoms with Crippen LogP contribution >= 0.6 is 0 Å². The van der Waals surface area contributed by atoms with E-state index in [0.29, 0.717) is 24.4 Å². The molecule has 0 bridgehead atoms. The van der Waals surface area contributed by atoms with E-state index in [2.05, 4.69) is 11.4 Å². The first-order chi connectivity index (χ1) is 12.7. The number of Topliss-reactive ketones (excluding diaryl/α,β-unsaturated/α-hetero) is 1. The maximum Gasteiger partial charge on any atom is 0.251 e. The molecule has 0 spiro atoms. The zero-order valence-corrected chi connectivity index (χ0v) is 14.8. The van der Waals surface area contributed by atoms with E-state index in [-0.39, 0.29) is 11.7 Å². The van der Waals surface area contributed by atoms with E-state index in [1.807, 2.05) is 36.4 Å². The van der Waals surface area contributed by atoms with E-state index in [9.17, 15) is 9.59 Å². The summed E-state index contributed by atoms with van der Waals surface area (Å²) in [5.74, 6) is 0.588. The lowest BCUT2D eigenvalue weighted by atomic mass is 9.98. The standard InChI is InChI=1S/C22H23NO3/c24-21-9-7-18-11-17(6-8-20(18)21)16-4-1-5-19(12-16)22(25)23-13-15-3-2-10-26-14-15/h1,4-6,8,11-12,15H,2-3,7,9-10,13-14H2,(H,23,25)/t15-/m1/s1. The smallest absolute Gasteiger partial charge is 0.251 e. The Kier molecular flexibility index (Phi) is 4.85. The monoisotopic (exact) mass is 349 g/mol. The number of fused-ring (bicyclic) bond motifs is 1. The summed E-state index contributed by atoms with van der Waals surface area (Å²) >= 11 is 0.